The van der Waals surface area contributed by atoms with Crippen LogP contribution in [0.3, 0.4) is 0 Å². The number of aliphatic hydroxyl groups is 1. The molecule has 30 heavy (non-hydrogen) atoms. The molecule has 0 aromatic rings. The predicted octanol–water partition coefficient (Wildman–Crippen LogP) is 4.56. The largest absolute Gasteiger partial charge is 0.444 e. The molecule has 0 unspecified atom stereocenters. The Morgan fingerprint density at radius 1 is 1.13 bits per heavy atom. The lowest BCUT2D eigenvalue weighted by Crippen LogP contribution is -2.62. The predicted molar refractivity (Wildman–Crippen MR) is 114 cm³/mol. The first-order valence-electron chi connectivity index (χ1n) is 12.4. The van der Waals surface area contributed by atoms with Crippen LogP contribution in [0.1, 0.15) is 85.5 Å². The molecule has 0 radical (unpaired) electrons. The molecule has 0 aromatic carbocycles. The molecule has 1 aliphatic heterocycles. The van der Waals surface area contributed by atoms with E-state index in [0.29, 0.717) is 30.0 Å². The Morgan fingerprint density at radius 2 is 1.87 bits per heavy atom. The molecular formula is C25H39NO4. The SMILES string of the molecule is C[C@H]1CC[C@@H]2[C@@H](C[C@H]3C[C@]2(O)[C@@H]2CC(=O)[C@@H]4CCCC[C@H]4[C@H]32)N1C(=O)OC(C)(C)C. The summed E-state index contributed by atoms with van der Waals surface area (Å²) in [6.45, 7) is 7.86. The number of likely N-dealkylation sites (tertiary alicyclic amines) is 1. The number of piperidine rings is 1. The third-order valence-corrected chi connectivity index (χ3v) is 9.37. The van der Waals surface area contributed by atoms with Gasteiger partial charge in [0.2, 0.25) is 0 Å². The van der Waals surface area contributed by atoms with Gasteiger partial charge in [-0.1, -0.05) is 12.8 Å². The molecule has 5 aliphatic rings. The van der Waals surface area contributed by atoms with Crippen LogP contribution in [0.25, 0.3) is 0 Å². The lowest BCUT2D eigenvalue weighted by molar-refractivity contribution is -0.148. The minimum atomic E-state index is -0.795. The van der Waals surface area contributed by atoms with Crippen molar-refractivity contribution >= 4 is 11.9 Å². The van der Waals surface area contributed by atoms with E-state index in [0.717, 1.165) is 38.5 Å². The summed E-state index contributed by atoms with van der Waals surface area (Å²) in [4.78, 5) is 28.2. The van der Waals surface area contributed by atoms with Crippen LogP contribution in [-0.4, -0.2) is 45.2 Å². The molecule has 1 N–H and O–H groups in total. The summed E-state index contributed by atoms with van der Waals surface area (Å²) >= 11 is 0. The first-order chi connectivity index (χ1) is 14.1. The van der Waals surface area contributed by atoms with Gasteiger partial charge in [-0.2, -0.15) is 0 Å². The maximum atomic E-state index is 13.2. The van der Waals surface area contributed by atoms with Gasteiger partial charge in [0.25, 0.3) is 0 Å². The first-order valence-corrected chi connectivity index (χ1v) is 12.4. The zero-order valence-electron chi connectivity index (χ0n) is 19.1. The summed E-state index contributed by atoms with van der Waals surface area (Å²) in [7, 11) is 0. The van der Waals surface area contributed by atoms with Crippen molar-refractivity contribution in [3.05, 3.63) is 0 Å². The van der Waals surface area contributed by atoms with Crippen molar-refractivity contribution in [1.82, 2.24) is 4.90 Å². The highest BCUT2D eigenvalue weighted by Gasteiger charge is 2.67. The highest BCUT2D eigenvalue weighted by Crippen LogP contribution is 2.65. The number of hydrogen-bond donors (Lipinski definition) is 1. The van der Waals surface area contributed by atoms with Crippen LogP contribution in [0.5, 0.6) is 0 Å². The van der Waals surface area contributed by atoms with Crippen LogP contribution in [0.15, 0.2) is 0 Å². The van der Waals surface area contributed by atoms with Gasteiger partial charge in [0.1, 0.15) is 11.4 Å². The maximum absolute atomic E-state index is 13.2. The van der Waals surface area contributed by atoms with Crippen LogP contribution in [0.4, 0.5) is 4.79 Å². The monoisotopic (exact) mass is 417 g/mol. The van der Waals surface area contributed by atoms with Gasteiger partial charge in [-0.3, -0.25) is 4.79 Å². The summed E-state index contributed by atoms with van der Waals surface area (Å²) in [5.41, 5.74) is -1.32. The van der Waals surface area contributed by atoms with E-state index in [1.165, 1.54) is 12.8 Å². The Labute approximate surface area is 180 Å². The first kappa shape index (κ1) is 20.8. The van der Waals surface area contributed by atoms with Gasteiger partial charge in [0.05, 0.1) is 5.60 Å². The van der Waals surface area contributed by atoms with Crippen molar-refractivity contribution in [3.8, 4) is 0 Å². The molecule has 1 saturated heterocycles. The fourth-order valence-corrected chi connectivity index (χ4v) is 8.46. The molecule has 5 heteroatoms. The Morgan fingerprint density at radius 3 is 2.60 bits per heavy atom. The number of Topliss-reactive ketones (excluding diaryl/α,β-unsaturated/α-hetero) is 1. The van der Waals surface area contributed by atoms with E-state index in [1.54, 1.807) is 0 Å². The number of nitrogens with zero attached hydrogens (tertiary/aromatic N) is 1. The van der Waals surface area contributed by atoms with Crippen molar-refractivity contribution in [3.63, 3.8) is 0 Å². The molecule has 4 saturated carbocycles. The smallest absolute Gasteiger partial charge is 0.410 e. The molecule has 5 nitrogen and oxygen atoms in total. The molecule has 168 valence electrons. The Balaban J connectivity index is 1.48. The minimum absolute atomic E-state index is 0.0371. The van der Waals surface area contributed by atoms with Crippen LogP contribution in [0, 0.1) is 35.5 Å². The van der Waals surface area contributed by atoms with Gasteiger partial charge in [-0.15, -0.1) is 0 Å². The number of carbonyl (C=O) groups excluding carboxylic acids is 2. The van der Waals surface area contributed by atoms with Crippen LogP contribution in [-0.2, 0) is 9.53 Å². The molecule has 2 bridgehead atoms. The molecule has 9 atom stereocenters. The number of hydrogen-bond acceptors (Lipinski definition) is 4. The number of ketones is 1. The van der Waals surface area contributed by atoms with Crippen molar-refractivity contribution in [2.75, 3.05) is 0 Å². The lowest BCUT2D eigenvalue weighted by atomic mass is 9.58. The summed E-state index contributed by atoms with van der Waals surface area (Å²) in [6, 6.07) is 0.170. The zero-order valence-corrected chi connectivity index (χ0v) is 19.1. The normalized spacial score (nSPS) is 47.9. The van der Waals surface area contributed by atoms with E-state index in [9.17, 15) is 14.7 Å². The summed E-state index contributed by atoms with van der Waals surface area (Å²) in [5, 5.41) is 12.1. The van der Waals surface area contributed by atoms with Gasteiger partial charge in [0, 0.05) is 30.3 Å². The lowest BCUT2D eigenvalue weighted by Gasteiger charge is -2.53. The Hall–Kier alpha value is -1.10. The Bertz CT molecular complexity index is 729. The van der Waals surface area contributed by atoms with E-state index >= 15 is 0 Å². The van der Waals surface area contributed by atoms with Gasteiger partial charge >= 0.3 is 6.09 Å². The maximum Gasteiger partial charge on any atom is 0.410 e. The van der Waals surface area contributed by atoms with Crippen LogP contribution in [0.2, 0.25) is 0 Å². The van der Waals surface area contributed by atoms with Gasteiger partial charge in [-0.05, 0) is 89.9 Å². The quantitative estimate of drug-likeness (QED) is 0.628. The molecule has 0 spiro atoms. The van der Waals surface area contributed by atoms with E-state index < -0.39 is 11.2 Å². The van der Waals surface area contributed by atoms with Crippen LogP contribution < -0.4 is 0 Å². The fourth-order valence-electron chi connectivity index (χ4n) is 8.46. The topological polar surface area (TPSA) is 66.8 Å². The average Bonchev–Trinajstić information content (AvgIpc) is 2.88. The summed E-state index contributed by atoms with van der Waals surface area (Å²) < 4.78 is 5.79. The molecule has 4 aliphatic carbocycles. The third kappa shape index (κ3) is 3.05. The molecule has 1 heterocycles. The number of carbonyl (C=O) groups is 2. The summed E-state index contributed by atoms with van der Waals surface area (Å²) in [5.74, 6) is 2.14. The van der Waals surface area contributed by atoms with E-state index in [2.05, 4.69) is 6.92 Å². The molecular weight excluding hydrogens is 378 g/mol. The number of amides is 1. The standard InChI is InChI=1S/C25H39NO4/c1-14-9-10-18-20(26(14)23(28)30-24(2,3)4)11-15-13-25(18,29)19-12-21(27)16-7-5-6-8-17(16)22(15)19/h14-20,22,29H,5-13H2,1-4H3/t14-,15-,16+,17+,18+,19+,20+,22-,25+/m0/s1. The van der Waals surface area contributed by atoms with Gasteiger partial charge in [-0.25, -0.2) is 4.79 Å². The molecule has 0 aromatic heterocycles. The van der Waals surface area contributed by atoms with Crippen molar-refractivity contribution in [1.29, 1.82) is 0 Å². The molecule has 5 rings (SSSR count). The second-order valence-corrected chi connectivity index (χ2v) is 12.1. The van der Waals surface area contributed by atoms with Gasteiger partial charge in [0.15, 0.2) is 0 Å². The van der Waals surface area contributed by atoms with E-state index in [4.69, 9.17) is 4.74 Å². The van der Waals surface area contributed by atoms with E-state index in [1.807, 2.05) is 25.7 Å². The van der Waals surface area contributed by atoms with Crippen molar-refractivity contribution in [2.24, 2.45) is 35.5 Å². The fraction of sp³-hybridized carbons (Fsp3) is 0.920. The third-order valence-electron chi connectivity index (χ3n) is 9.37. The van der Waals surface area contributed by atoms with Crippen LogP contribution >= 0.6 is 0 Å². The second-order valence-electron chi connectivity index (χ2n) is 12.1. The number of ether oxygens (including phenoxy) is 1. The van der Waals surface area contributed by atoms with Crippen molar-refractivity contribution in [2.45, 2.75) is 109 Å². The highest BCUT2D eigenvalue weighted by atomic mass is 16.6. The number of rotatable bonds is 0. The van der Waals surface area contributed by atoms with E-state index in [-0.39, 0.29) is 35.9 Å². The van der Waals surface area contributed by atoms with Gasteiger partial charge < -0.3 is 14.7 Å². The second kappa shape index (κ2) is 6.95. The number of fused-ring (bicyclic) bond motifs is 9. The molecule has 5 fully saturated rings. The zero-order chi connectivity index (χ0) is 21.4. The highest BCUT2D eigenvalue weighted by molar-refractivity contribution is 5.83. The Kier molecular flexibility index (Phi) is 4.81. The molecule has 1 amide bonds. The average molecular weight is 418 g/mol. The summed E-state index contributed by atoms with van der Waals surface area (Å²) in [6.07, 6.45) is 8.55. The minimum Gasteiger partial charge on any atom is -0.444 e. The van der Waals surface area contributed by atoms with Crippen molar-refractivity contribution < 1.29 is 19.4 Å².